The van der Waals surface area contributed by atoms with Crippen LogP contribution in [0.3, 0.4) is 0 Å². The molecular weight excluding hydrogens is 412 g/mol. The van der Waals surface area contributed by atoms with Gasteiger partial charge in [-0.1, -0.05) is 26.0 Å². The average Bonchev–Trinajstić information content (AvgIpc) is 3.21. The van der Waals surface area contributed by atoms with Crippen LogP contribution in [0, 0.1) is 12.3 Å². The largest absolute Gasteiger partial charge is 0.385 e. The van der Waals surface area contributed by atoms with Gasteiger partial charge in [0.15, 0.2) is 5.82 Å². The van der Waals surface area contributed by atoms with E-state index in [1.54, 1.807) is 6.20 Å². The quantitative estimate of drug-likeness (QED) is 0.581. The van der Waals surface area contributed by atoms with Crippen LogP contribution in [0.1, 0.15) is 86.2 Å². The second-order valence-electron chi connectivity index (χ2n) is 11.0. The number of allylic oxidation sites excluding steroid dienone is 2. The molecule has 1 saturated carbocycles. The number of imidazole rings is 1. The Morgan fingerprint density at radius 3 is 2.52 bits per heavy atom. The highest BCUT2D eigenvalue weighted by molar-refractivity contribution is 6.03. The Hall–Kier alpha value is -2.44. The summed E-state index contributed by atoms with van der Waals surface area (Å²) in [5.41, 5.74) is 4.30. The molecule has 0 radical (unpaired) electrons. The molecule has 1 aromatic heterocycles. The Labute approximate surface area is 197 Å². The molecule has 0 spiro atoms. The molecule has 3 N–H and O–H groups in total. The number of hydrogen-bond acceptors (Lipinski definition) is 4. The number of aryl methyl sites for hydroxylation is 1. The molecule has 0 unspecified atom stereocenters. The van der Waals surface area contributed by atoms with E-state index in [1.807, 2.05) is 19.1 Å². The van der Waals surface area contributed by atoms with E-state index in [0.29, 0.717) is 17.3 Å². The van der Waals surface area contributed by atoms with Gasteiger partial charge in [-0.05, 0) is 94.6 Å². The van der Waals surface area contributed by atoms with Gasteiger partial charge in [0.25, 0.3) is 5.91 Å². The van der Waals surface area contributed by atoms with Crippen LogP contribution in [-0.4, -0.2) is 46.0 Å². The monoisotopic (exact) mass is 450 g/mol. The minimum absolute atomic E-state index is 0.251. The molecule has 2 aliphatic rings. The summed E-state index contributed by atoms with van der Waals surface area (Å²) in [5.74, 6) is 0.0564. The Morgan fingerprint density at radius 2 is 1.94 bits per heavy atom. The summed E-state index contributed by atoms with van der Waals surface area (Å²) in [6.07, 6.45) is 10.5. The number of nitrogens with one attached hydrogen (secondary N) is 2. The smallest absolute Gasteiger partial charge is 0.291 e. The Kier molecular flexibility index (Phi) is 6.52. The van der Waals surface area contributed by atoms with Crippen molar-refractivity contribution in [1.82, 2.24) is 14.9 Å². The number of aromatic amines is 1. The van der Waals surface area contributed by atoms with Crippen molar-refractivity contribution in [3.63, 3.8) is 0 Å². The molecule has 0 saturated heterocycles. The molecule has 1 heterocycles. The highest BCUT2D eigenvalue weighted by Crippen LogP contribution is 2.43. The second-order valence-corrected chi connectivity index (χ2v) is 11.0. The Morgan fingerprint density at radius 1 is 1.21 bits per heavy atom. The number of H-pyrrole nitrogens is 1. The van der Waals surface area contributed by atoms with Gasteiger partial charge in [-0.25, -0.2) is 4.98 Å². The number of benzene rings is 1. The van der Waals surface area contributed by atoms with E-state index in [-0.39, 0.29) is 5.91 Å². The lowest BCUT2D eigenvalue weighted by atomic mass is 9.74. The molecule has 1 amide bonds. The van der Waals surface area contributed by atoms with Crippen molar-refractivity contribution in [3.8, 4) is 0 Å². The van der Waals surface area contributed by atoms with E-state index in [1.165, 1.54) is 5.57 Å². The van der Waals surface area contributed by atoms with Gasteiger partial charge >= 0.3 is 0 Å². The number of carbonyl (C=O) groups is 1. The van der Waals surface area contributed by atoms with Crippen LogP contribution in [0.25, 0.3) is 5.57 Å². The third-order valence-corrected chi connectivity index (χ3v) is 7.55. The van der Waals surface area contributed by atoms with Crippen LogP contribution in [0.4, 0.5) is 5.69 Å². The van der Waals surface area contributed by atoms with Gasteiger partial charge < -0.3 is 20.3 Å². The van der Waals surface area contributed by atoms with Gasteiger partial charge in [0.05, 0.1) is 5.60 Å². The maximum Gasteiger partial charge on any atom is 0.291 e. The molecule has 33 heavy (non-hydrogen) atoms. The number of carbonyl (C=O) groups excluding carboxylic acids is 1. The zero-order valence-corrected chi connectivity index (χ0v) is 20.7. The standard InChI is InChI=1S/C27H38N4O2/c1-18-17-28-24(29-18)25(32)30-23-7-6-20(27(33)14-10-21(11-15-27)31(4)5)16-22(23)19-8-12-26(2,3)13-9-19/h6-8,16-17,21,33H,9-15H2,1-5H3,(H,28,29)(H,30,32). The first-order valence-corrected chi connectivity index (χ1v) is 12.1. The molecular formula is C27H38N4O2. The van der Waals surface area contributed by atoms with Gasteiger partial charge in [-0.3, -0.25) is 4.79 Å². The fourth-order valence-corrected chi connectivity index (χ4v) is 5.12. The third kappa shape index (κ3) is 5.22. The highest BCUT2D eigenvalue weighted by atomic mass is 16.3. The molecule has 1 fully saturated rings. The van der Waals surface area contributed by atoms with Gasteiger partial charge in [0.2, 0.25) is 0 Å². The van der Waals surface area contributed by atoms with Crippen molar-refractivity contribution in [1.29, 1.82) is 0 Å². The molecule has 2 aromatic rings. The van der Waals surface area contributed by atoms with Crippen LogP contribution < -0.4 is 5.32 Å². The highest BCUT2D eigenvalue weighted by Gasteiger charge is 2.36. The van der Waals surface area contributed by atoms with Crippen molar-refractivity contribution in [2.75, 3.05) is 19.4 Å². The molecule has 0 bridgehead atoms. The molecule has 0 atom stereocenters. The predicted octanol–water partition coefficient (Wildman–Crippen LogP) is 5.26. The first kappa shape index (κ1) is 23.7. The zero-order chi connectivity index (χ0) is 23.8. The van der Waals surface area contributed by atoms with Crippen molar-refractivity contribution >= 4 is 17.2 Å². The van der Waals surface area contributed by atoms with Crippen LogP contribution in [0.15, 0.2) is 30.5 Å². The van der Waals surface area contributed by atoms with E-state index < -0.39 is 5.60 Å². The SMILES string of the molecule is Cc1cnc(C(=O)Nc2ccc(C3(O)CCC(N(C)C)CC3)cc2C2=CCC(C)(C)CC2)[nH]1. The summed E-state index contributed by atoms with van der Waals surface area (Å²) in [6, 6.07) is 6.57. The molecule has 2 aliphatic carbocycles. The molecule has 4 rings (SSSR count). The van der Waals surface area contributed by atoms with Crippen LogP contribution >= 0.6 is 0 Å². The summed E-state index contributed by atoms with van der Waals surface area (Å²) in [7, 11) is 4.23. The van der Waals surface area contributed by atoms with Gasteiger partial charge in [0, 0.05) is 29.2 Å². The van der Waals surface area contributed by atoms with E-state index in [0.717, 1.165) is 67.5 Å². The number of anilines is 1. The lowest BCUT2D eigenvalue weighted by Gasteiger charge is -2.39. The molecule has 0 aliphatic heterocycles. The maximum absolute atomic E-state index is 12.8. The predicted molar refractivity (Wildman–Crippen MR) is 133 cm³/mol. The fourth-order valence-electron chi connectivity index (χ4n) is 5.12. The second kappa shape index (κ2) is 9.07. The minimum atomic E-state index is -0.823. The maximum atomic E-state index is 12.8. The van der Waals surface area contributed by atoms with Crippen molar-refractivity contribution in [2.24, 2.45) is 5.41 Å². The molecule has 178 valence electrons. The third-order valence-electron chi connectivity index (χ3n) is 7.55. The number of nitrogens with zero attached hydrogens (tertiary/aromatic N) is 2. The molecule has 6 heteroatoms. The summed E-state index contributed by atoms with van der Waals surface area (Å²) >= 11 is 0. The Bertz CT molecular complexity index is 1040. The Balaban J connectivity index is 1.66. The van der Waals surface area contributed by atoms with E-state index in [2.05, 4.69) is 60.3 Å². The number of hydrogen-bond donors (Lipinski definition) is 3. The topological polar surface area (TPSA) is 81.2 Å². The number of aromatic nitrogens is 2. The lowest BCUT2D eigenvalue weighted by molar-refractivity contribution is -0.0190. The van der Waals surface area contributed by atoms with Gasteiger partial charge in [0.1, 0.15) is 0 Å². The van der Waals surface area contributed by atoms with Crippen molar-refractivity contribution in [3.05, 3.63) is 53.1 Å². The first-order valence-electron chi connectivity index (χ1n) is 12.1. The number of rotatable bonds is 5. The van der Waals surface area contributed by atoms with E-state index >= 15 is 0 Å². The lowest BCUT2D eigenvalue weighted by Crippen LogP contribution is -2.39. The van der Waals surface area contributed by atoms with E-state index in [9.17, 15) is 9.90 Å². The van der Waals surface area contributed by atoms with Gasteiger partial charge in [-0.2, -0.15) is 0 Å². The fraction of sp³-hybridized carbons (Fsp3) is 0.556. The van der Waals surface area contributed by atoms with Crippen LogP contribution in [0.5, 0.6) is 0 Å². The molecule has 6 nitrogen and oxygen atoms in total. The van der Waals surface area contributed by atoms with Crippen LogP contribution in [-0.2, 0) is 5.60 Å². The first-order chi connectivity index (χ1) is 15.6. The zero-order valence-electron chi connectivity index (χ0n) is 20.7. The number of amides is 1. The average molecular weight is 451 g/mol. The summed E-state index contributed by atoms with van der Waals surface area (Å²) in [5, 5.41) is 14.6. The summed E-state index contributed by atoms with van der Waals surface area (Å²) in [6.45, 7) is 6.47. The summed E-state index contributed by atoms with van der Waals surface area (Å²) < 4.78 is 0. The van der Waals surface area contributed by atoms with Crippen molar-refractivity contribution in [2.45, 2.75) is 77.4 Å². The summed E-state index contributed by atoms with van der Waals surface area (Å²) in [4.78, 5) is 22.3. The van der Waals surface area contributed by atoms with E-state index in [4.69, 9.17) is 0 Å². The minimum Gasteiger partial charge on any atom is -0.385 e. The van der Waals surface area contributed by atoms with Crippen molar-refractivity contribution < 1.29 is 9.90 Å². The molecule has 1 aromatic carbocycles. The van der Waals surface area contributed by atoms with Gasteiger partial charge in [-0.15, -0.1) is 0 Å². The van der Waals surface area contributed by atoms with Crippen LogP contribution in [0.2, 0.25) is 0 Å². The number of aliphatic hydroxyl groups is 1. The normalized spacial score (nSPS) is 25.1.